The summed E-state index contributed by atoms with van der Waals surface area (Å²) in [5.41, 5.74) is 2.20. The quantitative estimate of drug-likeness (QED) is 0.889. The molecule has 2 amide bonds. The molecule has 5 nitrogen and oxygen atoms in total. The molecule has 1 heterocycles. The third-order valence-corrected chi connectivity index (χ3v) is 4.65. The van der Waals surface area contributed by atoms with Gasteiger partial charge in [-0.1, -0.05) is 11.6 Å². The van der Waals surface area contributed by atoms with Crippen molar-refractivity contribution in [3.63, 3.8) is 0 Å². The summed E-state index contributed by atoms with van der Waals surface area (Å²) in [5, 5.41) is 2.79. The molecule has 2 aromatic rings. The molecule has 2 aromatic carbocycles. The van der Waals surface area contributed by atoms with Gasteiger partial charge < -0.3 is 15.1 Å². The molecule has 1 atom stereocenters. The summed E-state index contributed by atoms with van der Waals surface area (Å²) in [5.74, 6) is -1.42. The lowest BCUT2D eigenvalue weighted by Crippen LogP contribution is -2.28. The second kappa shape index (κ2) is 7.33. The zero-order valence-electron chi connectivity index (χ0n) is 14.5. The van der Waals surface area contributed by atoms with Crippen molar-refractivity contribution in [3.8, 4) is 0 Å². The van der Waals surface area contributed by atoms with E-state index in [2.05, 4.69) is 5.32 Å². The number of anilines is 3. The highest BCUT2D eigenvalue weighted by molar-refractivity contribution is 6.31. The summed E-state index contributed by atoms with van der Waals surface area (Å²) in [6.07, 6.45) is 0.108. The van der Waals surface area contributed by atoms with Crippen molar-refractivity contribution < 1.29 is 14.0 Å². The van der Waals surface area contributed by atoms with E-state index in [1.807, 2.05) is 43.3 Å². The second-order valence-electron chi connectivity index (χ2n) is 6.43. The molecule has 1 saturated heterocycles. The van der Waals surface area contributed by atoms with E-state index in [0.29, 0.717) is 11.4 Å². The van der Waals surface area contributed by atoms with Gasteiger partial charge in [0, 0.05) is 44.1 Å². The number of benzene rings is 2. The molecule has 1 aliphatic rings. The van der Waals surface area contributed by atoms with Crippen LogP contribution >= 0.6 is 11.6 Å². The van der Waals surface area contributed by atoms with Gasteiger partial charge in [-0.2, -0.15) is 0 Å². The fourth-order valence-electron chi connectivity index (χ4n) is 2.87. The van der Waals surface area contributed by atoms with Gasteiger partial charge in [-0.3, -0.25) is 9.59 Å². The summed E-state index contributed by atoms with van der Waals surface area (Å²) in [6, 6.07) is 11.5. The Hall–Kier alpha value is -2.60. The van der Waals surface area contributed by atoms with Crippen LogP contribution in [0.15, 0.2) is 42.5 Å². The van der Waals surface area contributed by atoms with Gasteiger partial charge in [0.1, 0.15) is 5.82 Å². The number of amides is 2. The number of hydrogen-bond donors (Lipinski definition) is 1. The molecule has 0 bridgehead atoms. The molecule has 3 rings (SSSR count). The summed E-state index contributed by atoms with van der Waals surface area (Å²) in [7, 11) is 3.88. The van der Waals surface area contributed by atoms with Crippen LogP contribution in [0.3, 0.4) is 0 Å². The molecule has 26 heavy (non-hydrogen) atoms. The van der Waals surface area contributed by atoms with Gasteiger partial charge in [-0.15, -0.1) is 0 Å². The smallest absolute Gasteiger partial charge is 0.229 e. The molecule has 0 spiro atoms. The normalized spacial score (nSPS) is 16.7. The van der Waals surface area contributed by atoms with Crippen LogP contribution in [0.1, 0.15) is 6.42 Å². The standard InChI is InChI=1S/C19H19ClFN3O2/c1-23(2)14-5-3-13(4-6-14)22-19(26)12-9-18(25)24(11-12)15-7-8-17(21)16(20)10-15/h3-8,10,12H,9,11H2,1-2H3,(H,22,26). The zero-order chi connectivity index (χ0) is 18.8. The van der Waals surface area contributed by atoms with Crippen molar-refractivity contribution in [1.82, 2.24) is 0 Å². The Morgan fingerprint density at radius 3 is 2.54 bits per heavy atom. The Labute approximate surface area is 156 Å². The maximum absolute atomic E-state index is 13.3. The molecule has 1 N–H and O–H groups in total. The average molecular weight is 376 g/mol. The number of rotatable bonds is 4. The first-order valence-corrected chi connectivity index (χ1v) is 8.56. The van der Waals surface area contributed by atoms with Gasteiger partial charge >= 0.3 is 0 Å². The van der Waals surface area contributed by atoms with Crippen molar-refractivity contribution in [1.29, 1.82) is 0 Å². The van der Waals surface area contributed by atoms with E-state index in [1.54, 1.807) is 0 Å². The largest absolute Gasteiger partial charge is 0.378 e. The highest BCUT2D eigenvalue weighted by Crippen LogP contribution is 2.29. The fraction of sp³-hybridized carbons (Fsp3) is 0.263. The van der Waals surface area contributed by atoms with Crippen LogP contribution in [-0.4, -0.2) is 32.5 Å². The van der Waals surface area contributed by atoms with Crippen LogP contribution in [0.2, 0.25) is 5.02 Å². The maximum atomic E-state index is 13.3. The van der Waals surface area contributed by atoms with Crippen molar-refractivity contribution >= 4 is 40.5 Å². The molecule has 1 unspecified atom stereocenters. The molecule has 136 valence electrons. The van der Waals surface area contributed by atoms with E-state index in [1.165, 1.54) is 23.1 Å². The van der Waals surface area contributed by atoms with E-state index in [0.717, 1.165) is 5.69 Å². The number of nitrogens with zero attached hydrogens (tertiary/aromatic N) is 2. The van der Waals surface area contributed by atoms with E-state index >= 15 is 0 Å². The van der Waals surface area contributed by atoms with Gasteiger partial charge in [0.25, 0.3) is 0 Å². The molecule has 1 aliphatic heterocycles. The average Bonchev–Trinajstić information content (AvgIpc) is 3.00. The van der Waals surface area contributed by atoms with E-state index in [4.69, 9.17) is 11.6 Å². The summed E-state index contributed by atoms with van der Waals surface area (Å²) < 4.78 is 13.3. The predicted molar refractivity (Wildman–Crippen MR) is 101 cm³/mol. The fourth-order valence-corrected chi connectivity index (χ4v) is 3.05. The Morgan fingerprint density at radius 1 is 1.23 bits per heavy atom. The SMILES string of the molecule is CN(C)c1ccc(NC(=O)C2CC(=O)N(c3ccc(F)c(Cl)c3)C2)cc1. The first-order valence-electron chi connectivity index (χ1n) is 8.19. The number of hydrogen-bond acceptors (Lipinski definition) is 3. The molecule has 0 saturated carbocycles. The van der Waals surface area contributed by atoms with Crippen LogP contribution in [0.25, 0.3) is 0 Å². The van der Waals surface area contributed by atoms with Gasteiger partial charge in [0.05, 0.1) is 10.9 Å². The minimum atomic E-state index is -0.544. The zero-order valence-corrected chi connectivity index (χ0v) is 15.3. The Balaban J connectivity index is 1.67. The first kappa shape index (κ1) is 18.2. The van der Waals surface area contributed by atoms with Crippen molar-refractivity contribution in [3.05, 3.63) is 53.3 Å². The predicted octanol–water partition coefficient (Wildman–Crippen LogP) is 3.54. The van der Waals surface area contributed by atoms with Crippen LogP contribution in [-0.2, 0) is 9.59 Å². The number of carbonyl (C=O) groups excluding carboxylic acids is 2. The Morgan fingerprint density at radius 2 is 1.92 bits per heavy atom. The van der Waals surface area contributed by atoms with Crippen molar-refractivity contribution in [2.45, 2.75) is 6.42 Å². The molecule has 0 aliphatic carbocycles. The number of carbonyl (C=O) groups is 2. The van der Waals surface area contributed by atoms with Crippen molar-refractivity contribution in [2.75, 3.05) is 35.8 Å². The molecule has 0 aromatic heterocycles. The first-order chi connectivity index (χ1) is 12.3. The molecule has 0 radical (unpaired) electrons. The molecular formula is C19H19ClFN3O2. The second-order valence-corrected chi connectivity index (χ2v) is 6.84. The van der Waals surface area contributed by atoms with Gasteiger partial charge in [0.2, 0.25) is 11.8 Å². The van der Waals surface area contributed by atoms with Gasteiger partial charge in [-0.05, 0) is 42.5 Å². The lowest BCUT2D eigenvalue weighted by molar-refractivity contribution is -0.122. The summed E-state index contributed by atoms with van der Waals surface area (Å²) in [4.78, 5) is 28.2. The number of nitrogens with one attached hydrogen (secondary N) is 1. The maximum Gasteiger partial charge on any atom is 0.229 e. The molecule has 7 heteroatoms. The minimum Gasteiger partial charge on any atom is -0.378 e. The number of halogens is 2. The van der Waals surface area contributed by atoms with Crippen LogP contribution < -0.4 is 15.1 Å². The van der Waals surface area contributed by atoms with Crippen molar-refractivity contribution in [2.24, 2.45) is 5.92 Å². The van der Waals surface area contributed by atoms with Crippen LogP contribution in [0.5, 0.6) is 0 Å². The third kappa shape index (κ3) is 3.80. The van der Waals surface area contributed by atoms with Crippen LogP contribution in [0.4, 0.5) is 21.5 Å². The lowest BCUT2D eigenvalue weighted by Gasteiger charge is -2.17. The van der Waals surface area contributed by atoms with E-state index in [-0.39, 0.29) is 29.8 Å². The Bertz CT molecular complexity index is 839. The monoisotopic (exact) mass is 375 g/mol. The lowest BCUT2D eigenvalue weighted by atomic mass is 10.1. The summed E-state index contributed by atoms with van der Waals surface area (Å²) >= 11 is 5.79. The minimum absolute atomic E-state index is 0.0517. The topological polar surface area (TPSA) is 52.7 Å². The molecule has 1 fully saturated rings. The summed E-state index contributed by atoms with van der Waals surface area (Å²) in [6.45, 7) is 0.239. The highest BCUT2D eigenvalue weighted by atomic mass is 35.5. The molecular weight excluding hydrogens is 357 g/mol. The van der Waals surface area contributed by atoms with E-state index in [9.17, 15) is 14.0 Å². The van der Waals surface area contributed by atoms with Gasteiger partial charge in [0.15, 0.2) is 0 Å². The van der Waals surface area contributed by atoms with Gasteiger partial charge in [-0.25, -0.2) is 4.39 Å². The highest BCUT2D eigenvalue weighted by Gasteiger charge is 2.35. The van der Waals surface area contributed by atoms with E-state index < -0.39 is 11.7 Å². The van der Waals surface area contributed by atoms with Crippen LogP contribution in [0, 0.1) is 11.7 Å². The Kier molecular flexibility index (Phi) is 5.13. The third-order valence-electron chi connectivity index (χ3n) is 4.36.